The van der Waals surface area contributed by atoms with E-state index in [-0.39, 0.29) is 24.4 Å². The van der Waals surface area contributed by atoms with Crippen LogP contribution < -0.4 is 10.6 Å². The molecule has 0 saturated heterocycles. The molecule has 2 aromatic carbocycles. The van der Waals surface area contributed by atoms with E-state index in [1.165, 1.54) is 0 Å². The molecule has 0 aromatic heterocycles. The minimum atomic E-state index is -0.473. The van der Waals surface area contributed by atoms with E-state index in [1.54, 1.807) is 24.3 Å². The van der Waals surface area contributed by atoms with E-state index in [9.17, 15) is 14.4 Å². The van der Waals surface area contributed by atoms with Crippen LogP contribution in [0.4, 0.5) is 5.69 Å². The smallest absolute Gasteiger partial charge is 0.309 e. The van der Waals surface area contributed by atoms with Crippen molar-refractivity contribution >= 4 is 23.5 Å². The van der Waals surface area contributed by atoms with Gasteiger partial charge in [-0.2, -0.15) is 0 Å². The van der Waals surface area contributed by atoms with E-state index in [2.05, 4.69) is 10.6 Å². The molecule has 30 heavy (non-hydrogen) atoms. The molecule has 2 aromatic rings. The fourth-order valence-corrected chi connectivity index (χ4v) is 3.30. The van der Waals surface area contributed by atoms with Gasteiger partial charge in [-0.05, 0) is 43.4 Å². The predicted octanol–water partition coefficient (Wildman–Crippen LogP) is 3.50. The van der Waals surface area contributed by atoms with Gasteiger partial charge >= 0.3 is 5.97 Å². The molecule has 0 fully saturated rings. The van der Waals surface area contributed by atoms with Crippen LogP contribution in [0.15, 0.2) is 66.7 Å². The molecular formula is C24H26N2O4. The minimum absolute atomic E-state index is 0.189. The summed E-state index contributed by atoms with van der Waals surface area (Å²) in [6.45, 7) is 0.113. The second kappa shape index (κ2) is 11.0. The molecule has 0 bridgehead atoms. The Labute approximate surface area is 176 Å². The van der Waals surface area contributed by atoms with Crippen molar-refractivity contribution in [1.29, 1.82) is 0 Å². The molecule has 156 valence electrons. The Hall–Kier alpha value is -3.41. The first-order valence-electron chi connectivity index (χ1n) is 10.2. The van der Waals surface area contributed by atoms with Gasteiger partial charge in [0.15, 0.2) is 6.61 Å². The number of amides is 2. The van der Waals surface area contributed by atoms with Crippen LogP contribution in [0, 0.1) is 5.92 Å². The summed E-state index contributed by atoms with van der Waals surface area (Å²) in [6.07, 6.45) is 6.95. The molecule has 6 heteroatoms. The normalized spacial score (nSPS) is 15.3. The topological polar surface area (TPSA) is 84.5 Å². The van der Waals surface area contributed by atoms with Gasteiger partial charge in [0.05, 0.1) is 17.2 Å². The zero-order valence-electron chi connectivity index (χ0n) is 16.8. The molecule has 1 atom stereocenters. The third-order valence-corrected chi connectivity index (χ3v) is 4.94. The third-order valence-electron chi connectivity index (χ3n) is 4.94. The van der Waals surface area contributed by atoms with Crippen LogP contribution in [0.25, 0.3) is 0 Å². The van der Waals surface area contributed by atoms with E-state index < -0.39 is 5.91 Å². The van der Waals surface area contributed by atoms with Crippen LogP contribution in [0.1, 0.15) is 35.2 Å². The van der Waals surface area contributed by atoms with Crippen LogP contribution >= 0.6 is 0 Å². The highest BCUT2D eigenvalue weighted by Gasteiger charge is 2.21. The highest BCUT2D eigenvalue weighted by Crippen LogP contribution is 2.19. The standard InChI is InChI=1S/C24H26N2O4/c27-22(17-30-24(29)19-11-5-2-6-12-19)26-21-14-8-7-13-20(21)23(28)25-16-15-18-9-3-1-4-10-18/h1-5,7-10,13-14,19H,6,11-12,15-17H2,(H,25,28)(H,26,27)/t19-/m0/s1. The number of esters is 1. The van der Waals surface area contributed by atoms with Crippen LogP contribution in [-0.4, -0.2) is 30.9 Å². The van der Waals surface area contributed by atoms with Crippen LogP contribution in [0.2, 0.25) is 0 Å². The van der Waals surface area contributed by atoms with Gasteiger partial charge < -0.3 is 15.4 Å². The molecule has 0 saturated carbocycles. The van der Waals surface area contributed by atoms with Crippen molar-refractivity contribution in [2.45, 2.75) is 25.7 Å². The Morgan fingerprint density at radius 2 is 1.73 bits per heavy atom. The molecule has 0 spiro atoms. The van der Waals surface area contributed by atoms with Crippen LogP contribution in [-0.2, 0) is 20.7 Å². The Morgan fingerprint density at radius 3 is 2.50 bits per heavy atom. The molecule has 2 amide bonds. The molecule has 0 aliphatic heterocycles. The van der Waals surface area contributed by atoms with Crippen LogP contribution in [0.3, 0.4) is 0 Å². The summed E-state index contributed by atoms with van der Waals surface area (Å²) in [5.74, 6) is -1.29. The SMILES string of the molecule is O=C(COC(=O)[C@H]1CC=CCC1)Nc1ccccc1C(=O)NCCc1ccccc1. The van der Waals surface area contributed by atoms with Crippen molar-refractivity contribution in [3.8, 4) is 0 Å². The zero-order chi connectivity index (χ0) is 21.2. The third kappa shape index (κ3) is 6.30. The Bertz CT molecular complexity index is 908. The van der Waals surface area contributed by atoms with Gasteiger partial charge in [-0.25, -0.2) is 0 Å². The number of hydrogen-bond donors (Lipinski definition) is 2. The first-order chi connectivity index (χ1) is 14.6. The summed E-state index contributed by atoms with van der Waals surface area (Å²) in [5.41, 5.74) is 1.88. The summed E-state index contributed by atoms with van der Waals surface area (Å²) >= 11 is 0. The lowest BCUT2D eigenvalue weighted by molar-refractivity contribution is -0.151. The fraction of sp³-hybridized carbons (Fsp3) is 0.292. The molecular weight excluding hydrogens is 380 g/mol. The molecule has 0 radical (unpaired) electrons. The molecule has 0 heterocycles. The number of benzene rings is 2. The van der Waals surface area contributed by atoms with Gasteiger partial charge in [0, 0.05) is 6.54 Å². The van der Waals surface area contributed by atoms with E-state index in [0.29, 0.717) is 30.6 Å². The van der Waals surface area contributed by atoms with Crippen LogP contribution in [0.5, 0.6) is 0 Å². The first kappa shape index (κ1) is 21.3. The second-order valence-electron chi connectivity index (χ2n) is 7.17. The van der Waals surface area contributed by atoms with Crippen molar-refractivity contribution in [2.75, 3.05) is 18.5 Å². The predicted molar refractivity (Wildman–Crippen MR) is 115 cm³/mol. The molecule has 3 rings (SSSR count). The molecule has 1 aliphatic rings. The zero-order valence-corrected chi connectivity index (χ0v) is 16.8. The van der Waals surface area contributed by atoms with E-state index >= 15 is 0 Å². The van der Waals surface area contributed by atoms with Gasteiger partial charge in [-0.1, -0.05) is 54.6 Å². The summed E-state index contributed by atoms with van der Waals surface area (Å²) in [4.78, 5) is 36.9. The maximum absolute atomic E-state index is 12.6. The monoisotopic (exact) mass is 406 g/mol. The Balaban J connectivity index is 1.50. The summed E-state index contributed by atoms with van der Waals surface area (Å²) in [7, 11) is 0. The summed E-state index contributed by atoms with van der Waals surface area (Å²) in [5, 5.41) is 5.54. The number of carbonyl (C=O) groups excluding carboxylic acids is 3. The number of carbonyl (C=O) groups is 3. The minimum Gasteiger partial charge on any atom is -0.455 e. The van der Waals surface area contributed by atoms with Crippen molar-refractivity contribution in [3.05, 3.63) is 77.9 Å². The van der Waals surface area contributed by atoms with E-state index in [1.807, 2.05) is 42.5 Å². The Kier molecular flexibility index (Phi) is 7.78. The number of rotatable bonds is 8. The second-order valence-corrected chi connectivity index (χ2v) is 7.17. The van der Waals surface area contributed by atoms with Crippen molar-refractivity contribution in [2.24, 2.45) is 5.92 Å². The maximum Gasteiger partial charge on any atom is 0.309 e. The largest absolute Gasteiger partial charge is 0.455 e. The van der Waals surface area contributed by atoms with Gasteiger partial charge in [0.2, 0.25) is 0 Å². The molecule has 0 unspecified atom stereocenters. The number of anilines is 1. The first-order valence-corrected chi connectivity index (χ1v) is 10.2. The van der Waals surface area contributed by atoms with E-state index in [0.717, 1.165) is 18.4 Å². The maximum atomic E-state index is 12.6. The van der Waals surface area contributed by atoms with E-state index in [4.69, 9.17) is 4.74 Å². The average Bonchev–Trinajstić information content (AvgIpc) is 2.79. The number of para-hydroxylation sites is 1. The lowest BCUT2D eigenvalue weighted by atomic mass is 9.95. The summed E-state index contributed by atoms with van der Waals surface area (Å²) in [6, 6.07) is 16.6. The molecule has 1 aliphatic carbocycles. The summed E-state index contributed by atoms with van der Waals surface area (Å²) < 4.78 is 5.14. The molecule has 6 nitrogen and oxygen atoms in total. The molecule has 2 N–H and O–H groups in total. The highest BCUT2D eigenvalue weighted by atomic mass is 16.5. The van der Waals surface area contributed by atoms with Gasteiger partial charge in [-0.3, -0.25) is 14.4 Å². The van der Waals surface area contributed by atoms with Crippen molar-refractivity contribution < 1.29 is 19.1 Å². The number of allylic oxidation sites excluding steroid dienone is 2. The Morgan fingerprint density at radius 1 is 0.967 bits per heavy atom. The van der Waals surface area contributed by atoms with Gasteiger partial charge in [-0.15, -0.1) is 0 Å². The number of hydrogen-bond acceptors (Lipinski definition) is 4. The lowest BCUT2D eigenvalue weighted by Gasteiger charge is -2.16. The van der Waals surface area contributed by atoms with Gasteiger partial charge in [0.25, 0.3) is 11.8 Å². The number of ether oxygens (including phenoxy) is 1. The van der Waals surface area contributed by atoms with Gasteiger partial charge in [0.1, 0.15) is 0 Å². The van der Waals surface area contributed by atoms with Crippen molar-refractivity contribution in [1.82, 2.24) is 5.32 Å². The highest BCUT2D eigenvalue weighted by molar-refractivity contribution is 6.04. The lowest BCUT2D eigenvalue weighted by Crippen LogP contribution is -2.28. The quantitative estimate of drug-likeness (QED) is 0.519. The van der Waals surface area contributed by atoms with Crippen molar-refractivity contribution in [3.63, 3.8) is 0 Å². The average molecular weight is 406 g/mol. The number of nitrogens with one attached hydrogen (secondary N) is 2. The fourth-order valence-electron chi connectivity index (χ4n) is 3.30.